The summed E-state index contributed by atoms with van der Waals surface area (Å²) >= 11 is 0. The lowest BCUT2D eigenvalue weighted by Gasteiger charge is -2.08. The van der Waals surface area contributed by atoms with Crippen LogP contribution in [-0.4, -0.2) is 27.3 Å². The standard InChI is InChI=1S/C12H20N2O2S/c1-3-13-9-4-10-17(15,16)14-12-7-5-11(2)6-8-12/h5-8,13-14H,3-4,9-10H2,1-2H3. The van der Waals surface area contributed by atoms with Crippen molar-refractivity contribution in [1.82, 2.24) is 5.32 Å². The molecule has 0 radical (unpaired) electrons. The fourth-order valence-corrected chi connectivity index (χ4v) is 2.54. The minimum absolute atomic E-state index is 0.147. The molecule has 0 spiro atoms. The molecule has 17 heavy (non-hydrogen) atoms. The number of rotatable bonds is 7. The molecule has 0 heterocycles. The zero-order chi connectivity index (χ0) is 12.7. The van der Waals surface area contributed by atoms with E-state index in [2.05, 4.69) is 10.0 Å². The van der Waals surface area contributed by atoms with Crippen molar-refractivity contribution in [1.29, 1.82) is 0 Å². The van der Waals surface area contributed by atoms with Gasteiger partial charge in [0, 0.05) is 5.69 Å². The van der Waals surface area contributed by atoms with E-state index < -0.39 is 10.0 Å². The highest BCUT2D eigenvalue weighted by atomic mass is 32.2. The smallest absolute Gasteiger partial charge is 0.232 e. The number of anilines is 1. The van der Waals surface area contributed by atoms with E-state index in [0.717, 1.165) is 18.7 Å². The minimum Gasteiger partial charge on any atom is -0.317 e. The van der Waals surface area contributed by atoms with Crippen molar-refractivity contribution in [3.8, 4) is 0 Å². The molecule has 0 atom stereocenters. The van der Waals surface area contributed by atoms with Gasteiger partial charge < -0.3 is 5.32 Å². The van der Waals surface area contributed by atoms with E-state index in [-0.39, 0.29) is 5.75 Å². The van der Waals surface area contributed by atoms with E-state index in [1.807, 2.05) is 26.0 Å². The van der Waals surface area contributed by atoms with Crippen molar-refractivity contribution in [2.24, 2.45) is 0 Å². The maximum absolute atomic E-state index is 11.7. The summed E-state index contributed by atoms with van der Waals surface area (Å²) in [4.78, 5) is 0. The quantitative estimate of drug-likeness (QED) is 0.731. The van der Waals surface area contributed by atoms with Gasteiger partial charge in [-0.3, -0.25) is 4.72 Å². The second-order valence-electron chi connectivity index (χ2n) is 3.99. The van der Waals surface area contributed by atoms with Crippen LogP contribution < -0.4 is 10.0 Å². The lowest BCUT2D eigenvalue weighted by Crippen LogP contribution is -2.21. The summed E-state index contributed by atoms with van der Waals surface area (Å²) in [5, 5.41) is 3.10. The van der Waals surface area contributed by atoms with Gasteiger partial charge in [0.05, 0.1) is 5.75 Å². The Balaban J connectivity index is 2.46. The molecule has 1 aromatic carbocycles. The molecule has 0 saturated carbocycles. The number of aryl methyl sites for hydroxylation is 1. The van der Waals surface area contributed by atoms with Crippen molar-refractivity contribution >= 4 is 15.7 Å². The van der Waals surface area contributed by atoms with Crippen molar-refractivity contribution in [3.05, 3.63) is 29.8 Å². The summed E-state index contributed by atoms with van der Waals surface area (Å²) in [7, 11) is -3.22. The van der Waals surface area contributed by atoms with Crippen molar-refractivity contribution in [3.63, 3.8) is 0 Å². The molecule has 96 valence electrons. The molecule has 1 rings (SSSR count). The van der Waals surface area contributed by atoms with Crippen molar-refractivity contribution < 1.29 is 8.42 Å². The molecule has 0 fully saturated rings. The Morgan fingerprint density at radius 3 is 2.41 bits per heavy atom. The molecule has 0 aliphatic carbocycles. The lowest BCUT2D eigenvalue weighted by molar-refractivity contribution is 0.595. The fourth-order valence-electron chi connectivity index (χ4n) is 1.42. The summed E-state index contributed by atoms with van der Waals surface area (Å²) in [5.74, 6) is 0.147. The van der Waals surface area contributed by atoms with Gasteiger partial charge in [-0.1, -0.05) is 24.6 Å². The first-order valence-electron chi connectivity index (χ1n) is 5.81. The van der Waals surface area contributed by atoms with Crippen LogP contribution in [0.1, 0.15) is 18.9 Å². The summed E-state index contributed by atoms with van der Waals surface area (Å²) in [6.07, 6.45) is 0.620. The first-order valence-corrected chi connectivity index (χ1v) is 7.46. The number of hydrogen-bond acceptors (Lipinski definition) is 3. The van der Waals surface area contributed by atoms with Gasteiger partial charge in [0.25, 0.3) is 0 Å². The Hall–Kier alpha value is -1.07. The monoisotopic (exact) mass is 256 g/mol. The highest BCUT2D eigenvalue weighted by Crippen LogP contribution is 2.10. The average Bonchev–Trinajstić information content (AvgIpc) is 2.27. The lowest BCUT2D eigenvalue weighted by atomic mass is 10.2. The van der Waals surface area contributed by atoms with Crippen LogP contribution in [-0.2, 0) is 10.0 Å². The van der Waals surface area contributed by atoms with E-state index in [9.17, 15) is 8.42 Å². The molecule has 0 aliphatic heterocycles. The van der Waals surface area contributed by atoms with Crippen LogP contribution in [0.4, 0.5) is 5.69 Å². The van der Waals surface area contributed by atoms with Crippen molar-refractivity contribution in [2.75, 3.05) is 23.6 Å². The Morgan fingerprint density at radius 2 is 1.82 bits per heavy atom. The highest BCUT2D eigenvalue weighted by Gasteiger charge is 2.09. The van der Waals surface area contributed by atoms with Gasteiger partial charge in [-0.2, -0.15) is 0 Å². The molecule has 0 bridgehead atoms. The summed E-state index contributed by atoms with van der Waals surface area (Å²) in [6, 6.07) is 7.32. The summed E-state index contributed by atoms with van der Waals surface area (Å²) in [6.45, 7) is 5.56. The molecular weight excluding hydrogens is 236 g/mol. The minimum atomic E-state index is -3.22. The van der Waals surface area contributed by atoms with Crippen LogP contribution in [0, 0.1) is 6.92 Å². The third-order valence-electron chi connectivity index (χ3n) is 2.34. The maximum atomic E-state index is 11.7. The van der Waals surface area contributed by atoms with Crippen LogP contribution in [0.3, 0.4) is 0 Å². The van der Waals surface area contributed by atoms with E-state index in [1.54, 1.807) is 12.1 Å². The Labute approximate surface area is 103 Å². The summed E-state index contributed by atoms with van der Waals surface area (Å²) < 4.78 is 26.0. The topological polar surface area (TPSA) is 58.2 Å². The second-order valence-corrected chi connectivity index (χ2v) is 5.84. The zero-order valence-electron chi connectivity index (χ0n) is 10.4. The van der Waals surface area contributed by atoms with Crippen LogP contribution in [0.15, 0.2) is 24.3 Å². The zero-order valence-corrected chi connectivity index (χ0v) is 11.2. The van der Waals surface area contributed by atoms with E-state index in [1.165, 1.54) is 0 Å². The van der Waals surface area contributed by atoms with Crippen LogP contribution >= 0.6 is 0 Å². The molecule has 1 aromatic rings. The molecule has 4 nitrogen and oxygen atoms in total. The fraction of sp³-hybridized carbons (Fsp3) is 0.500. The molecule has 0 saturated heterocycles. The number of sulfonamides is 1. The highest BCUT2D eigenvalue weighted by molar-refractivity contribution is 7.92. The average molecular weight is 256 g/mol. The molecular formula is C12H20N2O2S. The molecule has 0 aliphatic rings. The molecule has 0 amide bonds. The molecule has 5 heteroatoms. The first kappa shape index (κ1) is 14.0. The van der Waals surface area contributed by atoms with Crippen LogP contribution in [0.5, 0.6) is 0 Å². The SMILES string of the molecule is CCNCCCS(=O)(=O)Nc1ccc(C)cc1. The van der Waals surface area contributed by atoms with E-state index >= 15 is 0 Å². The van der Waals surface area contributed by atoms with Gasteiger partial charge in [-0.05, 0) is 38.6 Å². The third kappa shape index (κ3) is 5.70. The molecule has 2 N–H and O–H groups in total. The maximum Gasteiger partial charge on any atom is 0.232 e. The van der Waals surface area contributed by atoms with E-state index in [4.69, 9.17) is 0 Å². The first-order chi connectivity index (χ1) is 8.03. The van der Waals surface area contributed by atoms with Gasteiger partial charge in [-0.15, -0.1) is 0 Å². The number of nitrogens with one attached hydrogen (secondary N) is 2. The number of benzene rings is 1. The normalized spacial score (nSPS) is 11.4. The third-order valence-corrected chi connectivity index (χ3v) is 3.71. The predicted molar refractivity (Wildman–Crippen MR) is 71.7 cm³/mol. The Kier molecular flexibility index (Phi) is 5.44. The van der Waals surface area contributed by atoms with Crippen LogP contribution in [0.2, 0.25) is 0 Å². The predicted octanol–water partition coefficient (Wildman–Crippen LogP) is 1.74. The molecule has 0 aromatic heterocycles. The van der Waals surface area contributed by atoms with Gasteiger partial charge in [0.2, 0.25) is 10.0 Å². The number of hydrogen-bond donors (Lipinski definition) is 2. The van der Waals surface area contributed by atoms with E-state index in [0.29, 0.717) is 12.1 Å². The van der Waals surface area contributed by atoms with Gasteiger partial charge in [0.15, 0.2) is 0 Å². The Morgan fingerprint density at radius 1 is 1.18 bits per heavy atom. The van der Waals surface area contributed by atoms with Gasteiger partial charge in [-0.25, -0.2) is 8.42 Å². The van der Waals surface area contributed by atoms with Gasteiger partial charge >= 0.3 is 0 Å². The van der Waals surface area contributed by atoms with Gasteiger partial charge in [0.1, 0.15) is 0 Å². The van der Waals surface area contributed by atoms with Crippen molar-refractivity contribution in [2.45, 2.75) is 20.3 Å². The summed E-state index contributed by atoms with van der Waals surface area (Å²) in [5.41, 5.74) is 1.74. The molecule has 0 unspecified atom stereocenters. The second kappa shape index (κ2) is 6.61. The van der Waals surface area contributed by atoms with Crippen LogP contribution in [0.25, 0.3) is 0 Å². The Bertz CT molecular complexity index is 426. The largest absolute Gasteiger partial charge is 0.317 e.